The van der Waals surface area contributed by atoms with Crippen molar-refractivity contribution in [2.75, 3.05) is 7.05 Å². The summed E-state index contributed by atoms with van der Waals surface area (Å²) in [5.74, 6) is 1.28. The second-order valence-corrected chi connectivity index (χ2v) is 5.81. The maximum atomic E-state index is 6.24. The summed E-state index contributed by atoms with van der Waals surface area (Å²) < 4.78 is 5.84. The summed E-state index contributed by atoms with van der Waals surface area (Å²) in [6.07, 6.45) is 6.64. The van der Waals surface area contributed by atoms with Gasteiger partial charge in [0.2, 0.25) is 5.88 Å². The van der Waals surface area contributed by atoms with Crippen molar-refractivity contribution in [2.45, 2.75) is 32.2 Å². The van der Waals surface area contributed by atoms with Gasteiger partial charge in [0.25, 0.3) is 0 Å². The number of pyridine rings is 1. The number of halogens is 1. The van der Waals surface area contributed by atoms with E-state index in [-0.39, 0.29) is 0 Å². The van der Waals surface area contributed by atoms with Crippen LogP contribution < -0.4 is 10.1 Å². The fraction of sp³-hybridized carbons (Fsp3) is 0.353. The summed E-state index contributed by atoms with van der Waals surface area (Å²) in [6.45, 7) is 0.742. The Bertz CT molecular complexity index is 643. The molecular formula is C17H19ClN2O. The van der Waals surface area contributed by atoms with Crippen molar-refractivity contribution in [3.63, 3.8) is 0 Å². The van der Waals surface area contributed by atoms with E-state index in [2.05, 4.69) is 22.4 Å². The fourth-order valence-corrected chi connectivity index (χ4v) is 2.95. The molecule has 0 unspecified atom stereocenters. The van der Waals surface area contributed by atoms with E-state index in [0.29, 0.717) is 10.9 Å². The largest absolute Gasteiger partial charge is 0.438 e. The third-order valence-corrected chi connectivity index (χ3v) is 4.05. The minimum Gasteiger partial charge on any atom is -0.438 e. The van der Waals surface area contributed by atoms with Crippen molar-refractivity contribution in [1.29, 1.82) is 0 Å². The van der Waals surface area contributed by atoms with Crippen LogP contribution in [0.3, 0.4) is 0 Å². The molecule has 0 fully saturated rings. The van der Waals surface area contributed by atoms with Crippen LogP contribution in [0, 0.1) is 0 Å². The molecule has 0 aliphatic heterocycles. The zero-order valence-corrected chi connectivity index (χ0v) is 12.9. The Kier molecular flexibility index (Phi) is 4.42. The zero-order valence-electron chi connectivity index (χ0n) is 12.2. The molecule has 1 heterocycles. The molecule has 3 nitrogen and oxygen atoms in total. The average Bonchev–Trinajstić information content (AvgIpc) is 2.50. The van der Waals surface area contributed by atoms with Gasteiger partial charge in [-0.1, -0.05) is 17.7 Å². The minimum absolute atomic E-state index is 0.465. The van der Waals surface area contributed by atoms with Gasteiger partial charge in [0.05, 0.1) is 0 Å². The number of hydrogen-bond acceptors (Lipinski definition) is 3. The highest BCUT2D eigenvalue weighted by Crippen LogP contribution is 2.31. The maximum Gasteiger partial charge on any atom is 0.238 e. The van der Waals surface area contributed by atoms with Crippen molar-refractivity contribution in [1.82, 2.24) is 10.3 Å². The van der Waals surface area contributed by atoms with Crippen LogP contribution in [0.2, 0.25) is 5.02 Å². The number of ether oxygens (including phenoxy) is 1. The predicted molar refractivity (Wildman–Crippen MR) is 85.2 cm³/mol. The molecule has 110 valence electrons. The summed E-state index contributed by atoms with van der Waals surface area (Å²) >= 11 is 6.24. The highest BCUT2D eigenvalue weighted by atomic mass is 35.5. The summed E-state index contributed by atoms with van der Waals surface area (Å²) in [5, 5.41) is 3.62. The van der Waals surface area contributed by atoms with E-state index >= 15 is 0 Å². The lowest BCUT2D eigenvalue weighted by molar-refractivity contribution is 0.461. The first-order valence-corrected chi connectivity index (χ1v) is 7.73. The van der Waals surface area contributed by atoms with Crippen LogP contribution in [0.4, 0.5) is 0 Å². The SMILES string of the molecule is CNCc1cnc(Oc2ccc3c(c2)CCCC3)c(Cl)c1. The number of nitrogens with one attached hydrogen (secondary N) is 1. The van der Waals surface area contributed by atoms with Crippen LogP contribution in [0.5, 0.6) is 11.6 Å². The van der Waals surface area contributed by atoms with Gasteiger partial charge in [-0.05, 0) is 67.6 Å². The molecule has 1 aromatic carbocycles. The molecule has 3 rings (SSSR count). The molecule has 1 N–H and O–H groups in total. The van der Waals surface area contributed by atoms with Crippen molar-refractivity contribution < 1.29 is 4.74 Å². The Morgan fingerprint density at radius 3 is 2.76 bits per heavy atom. The highest BCUT2D eigenvalue weighted by molar-refractivity contribution is 6.31. The summed E-state index contributed by atoms with van der Waals surface area (Å²) in [7, 11) is 1.89. The maximum absolute atomic E-state index is 6.24. The summed E-state index contributed by atoms with van der Waals surface area (Å²) in [4.78, 5) is 4.31. The van der Waals surface area contributed by atoms with Crippen molar-refractivity contribution in [3.8, 4) is 11.6 Å². The van der Waals surface area contributed by atoms with E-state index in [1.165, 1.54) is 30.4 Å². The molecule has 2 aromatic rings. The van der Waals surface area contributed by atoms with Crippen molar-refractivity contribution in [3.05, 3.63) is 52.2 Å². The van der Waals surface area contributed by atoms with Crippen LogP contribution in [0.15, 0.2) is 30.5 Å². The number of aryl methyl sites for hydroxylation is 2. The van der Waals surface area contributed by atoms with Crippen LogP contribution in [-0.2, 0) is 19.4 Å². The highest BCUT2D eigenvalue weighted by Gasteiger charge is 2.12. The van der Waals surface area contributed by atoms with Gasteiger partial charge >= 0.3 is 0 Å². The third-order valence-electron chi connectivity index (χ3n) is 3.78. The van der Waals surface area contributed by atoms with Crippen molar-refractivity contribution >= 4 is 11.6 Å². The zero-order chi connectivity index (χ0) is 14.7. The molecule has 0 spiro atoms. The van der Waals surface area contributed by atoms with Crippen molar-refractivity contribution in [2.24, 2.45) is 0 Å². The molecule has 1 aliphatic carbocycles. The molecule has 0 radical (unpaired) electrons. The lowest BCUT2D eigenvalue weighted by atomic mass is 9.92. The van der Waals surface area contributed by atoms with E-state index in [4.69, 9.17) is 16.3 Å². The second kappa shape index (κ2) is 6.46. The van der Waals surface area contributed by atoms with Gasteiger partial charge in [0.1, 0.15) is 10.8 Å². The summed E-state index contributed by atoms with van der Waals surface area (Å²) in [5.41, 5.74) is 3.87. The standard InChI is InChI=1S/C17H19ClN2O/c1-19-10-12-8-16(18)17(20-11-12)21-15-7-6-13-4-2-3-5-14(13)9-15/h6-9,11,19H,2-5,10H2,1H3. The first-order valence-electron chi connectivity index (χ1n) is 7.35. The van der Waals surface area contributed by atoms with Gasteiger partial charge in [-0.25, -0.2) is 4.98 Å². The van der Waals surface area contributed by atoms with E-state index < -0.39 is 0 Å². The molecular weight excluding hydrogens is 284 g/mol. The lowest BCUT2D eigenvalue weighted by Crippen LogP contribution is -2.05. The van der Waals surface area contributed by atoms with Crippen LogP contribution in [0.1, 0.15) is 29.5 Å². The van der Waals surface area contributed by atoms with E-state index in [0.717, 1.165) is 24.3 Å². The van der Waals surface area contributed by atoms with Gasteiger partial charge in [-0.15, -0.1) is 0 Å². The van der Waals surface area contributed by atoms with Gasteiger partial charge in [0, 0.05) is 12.7 Å². The van der Waals surface area contributed by atoms with Gasteiger partial charge < -0.3 is 10.1 Å². The quantitative estimate of drug-likeness (QED) is 0.922. The first-order chi connectivity index (χ1) is 10.3. The number of hydrogen-bond donors (Lipinski definition) is 1. The average molecular weight is 303 g/mol. The number of fused-ring (bicyclic) bond motifs is 1. The third kappa shape index (κ3) is 3.36. The Balaban J connectivity index is 1.80. The topological polar surface area (TPSA) is 34.2 Å². The molecule has 4 heteroatoms. The lowest BCUT2D eigenvalue weighted by Gasteiger charge is -2.16. The van der Waals surface area contributed by atoms with Crippen LogP contribution in [0.25, 0.3) is 0 Å². The number of rotatable bonds is 4. The predicted octanol–water partition coefficient (Wildman–Crippen LogP) is 4.13. The van der Waals surface area contributed by atoms with Gasteiger partial charge in [-0.2, -0.15) is 0 Å². The Hall–Kier alpha value is -1.58. The molecule has 0 amide bonds. The first kappa shape index (κ1) is 14.4. The Labute approximate surface area is 130 Å². The number of aromatic nitrogens is 1. The van der Waals surface area contributed by atoms with E-state index in [9.17, 15) is 0 Å². The smallest absolute Gasteiger partial charge is 0.238 e. The molecule has 0 atom stereocenters. The van der Waals surface area contributed by atoms with Gasteiger partial charge in [-0.3, -0.25) is 0 Å². The molecule has 1 aliphatic rings. The van der Waals surface area contributed by atoms with Crippen LogP contribution >= 0.6 is 11.6 Å². The Morgan fingerprint density at radius 1 is 1.19 bits per heavy atom. The molecule has 0 saturated carbocycles. The van der Waals surface area contributed by atoms with E-state index in [1.54, 1.807) is 6.20 Å². The molecule has 0 saturated heterocycles. The monoisotopic (exact) mass is 302 g/mol. The number of nitrogens with zero attached hydrogens (tertiary/aromatic N) is 1. The summed E-state index contributed by atoms with van der Waals surface area (Å²) in [6, 6.07) is 8.17. The normalized spacial score (nSPS) is 13.8. The molecule has 21 heavy (non-hydrogen) atoms. The van der Waals surface area contributed by atoms with Crippen LogP contribution in [-0.4, -0.2) is 12.0 Å². The Morgan fingerprint density at radius 2 is 2.00 bits per heavy atom. The fourth-order valence-electron chi connectivity index (χ4n) is 2.73. The van der Waals surface area contributed by atoms with Gasteiger partial charge in [0.15, 0.2) is 0 Å². The minimum atomic E-state index is 0.465. The second-order valence-electron chi connectivity index (χ2n) is 5.40. The van der Waals surface area contributed by atoms with E-state index in [1.807, 2.05) is 19.2 Å². The number of benzene rings is 1. The molecule has 1 aromatic heterocycles. The molecule has 0 bridgehead atoms.